The number of allylic oxidation sites excluding steroid dienone is 2. The fraction of sp³-hybridized carbons (Fsp3) is 0.160. The summed E-state index contributed by atoms with van der Waals surface area (Å²) in [7, 11) is 2.26. The molecule has 0 saturated heterocycles. The van der Waals surface area contributed by atoms with Gasteiger partial charge in [-0.25, -0.2) is 9.59 Å². The standard InChI is InChI=1S/C25H17N3O8/c1-35-24(31)17-16-10-9-15-20(19-14(23(15)30)4-3-11-26-19)27(16)21(18(17)25(32)36-2)22(29)12-5-7-13(8-6-12)28(33)34/h3-11,16,21H,1-2H3. The largest absolute Gasteiger partial charge is 0.466 e. The lowest BCUT2D eigenvalue weighted by Gasteiger charge is -2.35. The highest BCUT2D eigenvalue weighted by Crippen LogP contribution is 2.47. The molecule has 0 amide bonds. The van der Waals surface area contributed by atoms with Gasteiger partial charge in [0.1, 0.15) is 6.04 Å². The molecular formula is C25H17N3O8. The number of fused-ring (bicyclic) bond motifs is 4. The van der Waals surface area contributed by atoms with Gasteiger partial charge in [-0.3, -0.25) is 24.7 Å². The van der Waals surface area contributed by atoms with Crippen LogP contribution < -0.4 is 0 Å². The zero-order valence-electron chi connectivity index (χ0n) is 19.0. The van der Waals surface area contributed by atoms with Gasteiger partial charge in [0.2, 0.25) is 0 Å². The summed E-state index contributed by atoms with van der Waals surface area (Å²) in [5.41, 5.74) is 0.668. The van der Waals surface area contributed by atoms with E-state index in [0.717, 1.165) is 14.2 Å². The molecule has 0 bridgehead atoms. The molecular weight excluding hydrogens is 470 g/mol. The zero-order valence-corrected chi connectivity index (χ0v) is 19.0. The Morgan fingerprint density at radius 2 is 1.69 bits per heavy atom. The molecule has 180 valence electrons. The first-order valence-electron chi connectivity index (χ1n) is 10.7. The second-order valence-electron chi connectivity index (χ2n) is 8.08. The van der Waals surface area contributed by atoms with Gasteiger partial charge in [-0.2, -0.15) is 0 Å². The van der Waals surface area contributed by atoms with Crippen molar-refractivity contribution in [2.75, 3.05) is 14.2 Å². The van der Waals surface area contributed by atoms with Crippen LogP contribution in [0.1, 0.15) is 26.4 Å². The minimum absolute atomic E-state index is 0.0548. The molecule has 2 unspecified atom stereocenters. The summed E-state index contributed by atoms with van der Waals surface area (Å²) in [6.07, 6.45) is 4.58. The van der Waals surface area contributed by atoms with Gasteiger partial charge in [0.05, 0.1) is 53.3 Å². The highest BCUT2D eigenvalue weighted by molar-refractivity contribution is 6.23. The fourth-order valence-electron chi connectivity index (χ4n) is 4.80. The lowest BCUT2D eigenvalue weighted by molar-refractivity contribution is -0.384. The zero-order chi connectivity index (χ0) is 25.7. The molecule has 5 rings (SSSR count). The highest BCUT2D eigenvalue weighted by Gasteiger charge is 2.53. The maximum absolute atomic E-state index is 13.9. The van der Waals surface area contributed by atoms with E-state index in [1.807, 2.05) is 0 Å². The molecule has 0 fully saturated rings. The van der Waals surface area contributed by atoms with E-state index in [9.17, 15) is 29.3 Å². The second-order valence-corrected chi connectivity index (χ2v) is 8.08. The van der Waals surface area contributed by atoms with Crippen molar-refractivity contribution in [2.24, 2.45) is 0 Å². The van der Waals surface area contributed by atoms with Crippen molar-refractivity contribution in [1.29, 1.82) is 0 Å². The van der Waals surface area contributed by atoms with Crippen molar-refractivity contribution in [1.82, 2.24) is 9.88 Å². The van der Waals surface area contributed by atoms with Crippen molar-refractivity contribution in [3.63, 3.8) is 0 Å². The van der Waals surface area contributed by atoms with Crippen LogP contribution in [0.3, 0.4) is 0 Å². The van der Waals surface area contributed by atoms with E-state index < -0.39 is 34.7 Å². The number of nitrogens with zero attached hydrogens (tertiary/aromatic N) is 3. The Morgan fingerprint density at radius 3 is 2.33 bits per heavy atom. The molecule has 0 N–H and O–H groups in total. The SMILES string of the molecule is COC(=O)C1=C(C(=O)OC)C(C(=O)c2ccc([N+](=O)[O-])cc2)N2C3=C(C=CC12)C(=O)c1cccnc13. The molecule has 0 spiro atoms. The molecule has 11 heteroatoms. The Bertz CT molecular complexity index is 1470. The van der Waals surface area contributed by atoms with Crippen molar-refractivity contribution >= 4 is 34.9 Å². The van der Waals surface area contributed by atoms with Gasteiger partial charge >= 0.3 is 11.9 Å². The van der Waals surface area contributed by atoms with Crippen LogP contribution in [0.5, 0.6) is 0 Å². The lowest BCUT2D eigenvalue weighted by atomic mass is 9.95. The Balaban J connectivity index is 1.73. The topological polar surface area (TPSA) is 146 Å². The van der Waals surface area contributed by atoms with Gasteiger partial charge in [0.15, 0.2) is 11.6 Å². The predicted molar refractivity (Wildman–Crippen MR) is 123 cm³/mol. The van der Waals surface area contributed by atoms with Crippen LogP contribution in [0.25, 0.3) is 5.70 Å². The number of non-ortho nitro benzene ring substituents is 1. The number of nitro groups is 1. The van der Waals surface area contributed by atoms with E-state index in [-0.39, 0.29) is 33.8 Å². The lowest BCUT2D eigenvalue weighted by Crippen LogP contribution is -2.44. The first-order valence-corrected chi connectivity index (χ1v) is 10.7. The molecule has 0 radical (unpaired) electrons. The number of carbonyl (C=O) groups excluding carboxylic acids is 4. The van der Waals surface area contributed by atoms with Crippen molar-refractivity contribution in [3.05, 3.63) is 98.4 Å². The monoisotopic (exact) mass is 487 g/mol. The third-order valence-corrected chi connectivity index (χ3v) is 6.34. The van der Waals surface area contributed by atoms with Crippen LogP contribution in [-0.4, -0.2) is 64.6 Å². The average molecular weight is 487 g/mol. The first kappa shape index (κ1) is 22.8. The summed E-state index contributed by atoms with van der Waals surface area (Å²) in [6, 6.07) is 5.75. The molecule has 1 aromatic carbocycles. The van der Waals surface area contributed by atoms with E-state index in [0.29, 0.717) is 17.0 Å². The highest BCUT2D eigenvalue weighted by atomic mass is 16.6. The minimum atomic E-state index is -1.39. The molecule has 2 aliphatic heterocycles. The van der Waals surface area contributed by atoms with Gasteiger partial charge in [-0.1, -0.05) is 12.2 Å². The van der Waals surface area contributed by atoms with Crippen LogP contribution in [-0.2, 0) is 19.1 Å². The number of aromatic nitrogens is 1. The summed E-state index contributed by atoms with van der Waals surface area (Å²) in [5.74, 6) is -2.71. The summed E-state index contributed by atoms with van der Waals surface area (Å²) < 4.78 is 9.87. The number of rotatable bonds is 5. The number of ketones is 2. The third-order valence-electron chi connectivity index (χ3n) is 6.34. The van der Waals surface area contributed by atoms with E-state index in [1.54, 1.807) is 18.2 Å². The quantitative estimate of drug-likeness (QED) is 0.266. The van der Waals surface area contributed by atoms with Crippen LogP contribution >= 0.6 is 0 Å². The van der Waals surface area contributed by atoms with E-state index in [1.165, 1.54) is 41.4 Å². The number of Topliss-reactive ketones (excluding diaryl/α,β-unsaturated/α-hetero) is 2. The number of ether oxygens (including phenoxy) is 2. The number of methoxy groups -OCH3 is 2. The number of esters is 2. The smallest absolute Gasteiger partial charge is 0.336 e. The van der Waals surface area contributed by atoms with E-state index >= 15 is 0 Å². The molecule has 0 saturated carbocycles. The molecule has 1 aromatic heterocycles. The van der Waals surface area contributed by atoms with Gasteiger partial charge in [0, 0.05) is 29.5 Å². The maximum atomic E-state index is 13.9. The summed E-state index contributed by atoms with van der Waals surface area (Å²) in [4.78, 5) is 69.2. The Hall–Kier alpha value is -4.93. The molecule has 2 aromatic rings. The number of hydrogen-bond acceptors (Lipinski definition) is 10. The minimum Gasteiger partial charge on any atom is -0.466 e. The Labute approximate surface area is 203 Å². The molecule has 3 heterocycles. The maximum Gasteiger partial charge on any atom is 0.336 e. The number of nitro benzene ring substituents is 1. The third kappa shape index (κ3) is 3.17. The Kier molecular flexibility index (Phi) is 5.32. The molecule has 36 heavy (non-hydrogen) atoms. The summed E-state index contributed by atoms with van der Waals surface area (Å²) >= 11 is 0. The summed E-state index contributed by atoms with van der Waals surface area (Å²) in [6.45, 7) is 0. The molecule has 11 nitrogen and oxygen atoms in total. The van der Waals surface area contributed by atoms with Crippen LogP contribution in [0, 0.1) is 10.1 Å². The molecule has 3 aliphatic rings. The van der Waals surface area contributed by atoms with Crippen LogP contribution in [0.2, 0.25) is 0 Å². The van der Waals surface area contributed by atoms with Crippen LogP contribution in [0.4, 0.5) is 5.69 Å². The van der Waals surface area contributed by atoms with Gasteiger partial charge in [0.25, 0.3) is 5.69 Å². The number of hydrogen-bond donors (Lipinski definition) is 0. The first-order chi connectivity index (χ1) is 17.3. The normalized spacial score (nSPS) is 19.6. The molecule has 1 aliphatic carbocycles. The number of carbonyl (C=O) groups is 4. The van der Waals surface area contributed by atoms with Gasteiger partial charge < -0.3 is 14.4 Å². The number of pyridine rings is 1. The van der Waals surface area contributed by atoms with Crippen LogP contribution in [0.15, 0.2) is 71.5 Å². The Morgan fingerprint density at radius 1 is 1.03 bits per heavy atom. The van der Waals surface area contributed by atoms with Gasteiger partial charge in [-0.05, 0) is 24.3 Å². The fourth-order valence-corrected chi connectivity index (χ4v) is 4.80. The van der Waals surface area contributed by atoms with Gasteiger partial charge in [-0.15, -0.1) is 0 Å². The van der Waals surface area contributed by atoms with E-state index in [4.69, 9.17) is 9.47 Å². The summed E-state index contributed by atoms with van der Waals surface area (Å²) in [5, 5.41) is 11.1. The molecule has 2 atom stereocenters. The predicted octanol–water partition coefficient (Wildman–Crippen LogP) is 2.05. The second kappa shape index (κ2) is 8.38. The van der Waals surface area contributed by atoms with Crippen molar-refractivity contribution in [3.8, 4) is 0 Å². The number of benzene rings is 1. The average Bonchev–Trinajstić information content (AvgIpc) is 3.40. The van der Waals surface area contributed by atoms with E-state index in [2.05, 4.69) is 4.98 Å². The van der Waals surface area contributed by atoms with Crippen molar-refractivity contribution < 1.29 is 33.6 Å². The van der Waals surface area contributed by atoms with Crippen molar-refractivity contribution in [2.45, 2.75) is 12.1 Å².